The van der Waals surface area contributed by atoms with Gasteiger partial charge in [0.25, 0.3) is 0 Å². The number of nitrogens with zero attached hydrogens (tertiary/aromatic N) is 1. The number of hydrogen-bond donors (Lipinski definition) is 2. The van der Waals surface area contributed by atoms with Crippen LogP contribution in [0.5, 0.6) is 0 Å². The van der Waals surface area contributed by atoms with Gasteiger partial charge in [0.15, 0.2) is 0 Å². The van der Waals surface area contributed by atoms with Crippen LogP contribution in [0.25, 0.3) is 0 Å². The molecular formula is C17H31N3O4. The maximum absolute atomic E-state index is 12.0. The van der Waals surface area contributed by atoms with Crippen LogP contribution in [0.1, 0.15) is 51.9 Å². The standard InChI is InChI=1S/C17H31N3O4/c1-2-3-4-5-6-9-19-15(21)12-24-13-16(22)20-10-7-14(8-11-20)17(18)23/h14H,2-13H2,1H3,(H2,18,23)(H,19,21). The lowest BCUT2D eigenvalue weighted by molar-refractivity contribution is -0.140. The van der Waals surface area contributed by atoms with E-state index in [4.69, 9.17) is 10.5 Å². The van der Waals surface area contributed by atoms with Crippen LogP contribution in [-0.4, -0.2) is 55.5 Å². The lowest BCUT2D eigenvalue weighted by Gasteiger charge is -2.30. The van der Waals surface area contributed by atoms with Crippen molar-refractivity contribution in [2.45, 2.75) is 51.9 Å². The normalized spacial score (nSPS) is 15.3. The predicted octanol–water partition coefficient (Wildman–Crippen LogP) is 0.814. The number of carbonyl (C=O) groups excluding carboxylic acids is 3. The Kier molecular flexibility index (Phi) is 10.1. The molecule has 0 unspecified atom stereocenters. The molecule has 1 aliphatic heterocycles. The maximum atomic E-state index is 12.0. The summed E-state index contributed by atoms with van der Waals surface area (Å²) in [5.74, 6) is -0.779. The summed E-state index contributed by atoms with van der Waals surface area (Å²) < 4.78 is 5.19. The average Bonchev–Trinajstić information content (AvgIpc) is 2.58. The zero-order valence-electron chi connectivity index (χ0n) is 14.7. The lowest BCUT2D eigenvalue weighted by atomic mass is 9.96. The van der Waals surface area contributed by atoms with E-state index in [1.165, 1.54) is 19.3 Å². The minimum Gasteiger partial charge on any atom is -0.369 e. The number of hydrogen-bond acceptors (Lipinski definition) is 4. The predicted molar refractivity (Wildman–Crippen MR) is 91.1 cm³/mol. The first-order valence-corrected chi connectivity index (χ1v) is 8.96. The van der Waals surface area contributed by atoms with Gasteiger partial charge in [-0.05, 0) is 19.3 Å². The molecule has 0 saturated carbocycles. The molecule has 0 bridgehead atoms. The van der Waals surface area contributed by atoms with Gasteiger partial charge in [0.1, 0.15) is 13.2 Å². The van der Waals surface area contributed by atoms with Crippen LogP contribution in [0, 0.1) is 5.92 Å². The third kappa shape index (κ3) is 8.29. The van der Waals surface area contributed by atoms with E-state index in [-0.39, 0.29) is 36.9 Å². The molecule has 1 aliphatic rings. The van der Waals surface area contributed by atoms with Gasteiger partial charge in [0.05, 0.1) is 0 Å². The molecule has 0 aromatic rings. The largest absolute Gasteiger partial charge is 0.369 e. The second-order valence-electron chi connectivity index (χ2n) is 6.31. The number of rotatable bonds is 11. The summed E-state index contributed by atoms with van der Waals surface area (Å²) >= 11 is 0. The monoisotopic (exact) mass is 341 g/mol. The second-order valence-corrected chi connectivity index (χ2v) is 6.31. The Hall–Kier alpha value is -1.63. The van der Waals surface area contributed by atoms with Crippen molar-refractivity contribution in [2.75, 3.05) is 32.8 Å². The highest BCUT2D eigenvalue weighted by Gasteiger charge is 2.25. The van der Waals surface area contributed by atoms with Crippen LogP contribution in [-0.2, 0) is 19.1 Å². The summed E-state index contributed by atoms with van der Waals surface area (Å²) in [6.45, 7) is 3.64. The van der Waals surface area contributed by atoms with Crippen LogP contribution < -0.4 is 11.1 Å². The molecule has 0 atom stereocenters. The average molecular weight is 341 g/mol. The van der Waals surface area contributed by atoms with E-state index in [1.807, 2.05) is 0 Å². The first-order valence-electron chi connectivity index (χ1n) is 8.96. The Morgan fingerprint density at radius 2 is 1.75 bits per heavy atom. The lowest BCUT2D eigenvalue weighted by Crippen LogP contribution is -2.43. The van der Waals surface area contributed by atoms with Crippen LogP contribution in [0.4, 0.5) is 0 Å². The maximum Gasteiger partial charge on any atom is 0.248 e. The Labute approximate surface area is 144 Å². The van der Waals surface area contributed by atoms with Crippen molar-refractivity contribution < 1.29 is 19.1 Å². The molecule has 0 aliphatic carbocycles. The number of likely N-dealkylation sites (tertiary alicyclic amines) is 1. The molecule has 138 valence electrons. The Morgan fingerprint density at radius 3 is 2.38 bits per heavy atom. The zero-order chi connectivity index (χ0) is 17.8. The molecule has 3 amide bonds. The zero-order valence-corrected chi connectivity index (χ0v) is 14.7. The van der Waals surface area contributed by atoms with Gasteiger partial charge in [-0.25, -0.2) is 0 Å². The van der Waals surface area contributed by atoms with E-state index in [9.17, 15) is 14.4 Å². The van der Waals surface area contributed by atoms with E-state index in [2.05, 4.69) is 12.2 Å². The van der Waals surface area contributed by atoms with Gasteiger partial charge in [-0.1, -0.05) is 32.6 Å². The number of primary amides is 1. The molecule has 0 aromatic heterocycles. The van der Waals surface area contributed by atoms with E-state index in [1.54, 1.807) is 4.90 Å². The molecule has 7 heteroatoms. The first-order chi connectivity index (χ1) is 11.5. The molecule has 1 heterocycles. The van der Waals surface area contributed by atoms with Crippen LogP contribution in [0.3, 0.4) is 0 Å². The Bertz CT molecular complexity index is 407. The molecule has 1 fully saturated rings. The summed E-state index contributed by atoms with van der Waals surface area (Å²) in [4.78, 5) is 36.3. The summed E-state index contributed by atoms with van der Waals surface area (Å²) in [6, 6.07) is 0. The van der Waals surface area contributed by atoms with E-state index < -0.39 is 0 Å². The third-order valence-electron chi connectivity index (χ3n) is 4.31. The molecule has 0 radical (unpaired) electrons. The quantitative estimate of drug-likeness (QED) is 0.543. The molecule has 0 spiro atoms. The van der Waals surface area contributed by atoms with Crippen LogP contribution in [0.2, 0.25) is 0 Å². The number of unbranched alkanes of at least 4 members (excludes halogenated alkanes) is 4. The fraction of sp³-hybridized carbons (Fsp3) is 0.824. The van der Waals surface area contributed by atoms with Gasteiger partial charge in [-0.15, -0.1) is 0 Å². The van der Waals surface area contributed by atoms with Gasteiger partial charge >= 0.3 is 0 Å². The highest BCUT2D eigenvalue weighted by Crippen LogP contribution is 2.16. The van der Waals surface area contributed by atoms with Gasteiger partial charge in [-0.2, -0.15) is 0 Å². The van der Waals surface area contributed by atoms with Gasteiger partial charge in [0, 0.05) is 25.6 Å². The number of nitrogens with two attached hydrogens (primary N) is 1. The first kappa shape index (κ1) is 20.4. The van der Waals surface area contributed by atoms with Gasteiger partial charge in [-0.3, -0.25) is 14.4 Å². The fourth-order valence-corrected chi connectivity index (χ4v) is 2.74. The number of carbonyl (C=O) groups is 3. The molecule has 24 heavy (non-hydrogen) atoms. The van der Waals surface area contributed by atoms with Crippen molar-refractivity contribution in [1.29, 1.82) is 0 Å². The highest BCUT2D eigenvalue weighted by molar-refractivity contribution is 5.80. The minimum atomic E-state index is -0.301. The van der Waals surface area contributed by atoms with Crippen LogP contribution in [0.15, 0.2) is 0 Å². The van der Waals surface area contributed by atoms with Gasteiger partial charge < -0.3 is 20.7 Å². The molecule has 3 N–H and O–H groups in total. The van der Waals surface area contributed by atoms with Crippen molar-refractivity contribution >= 4 is 17.7 Å². The molecule has 7 nitrogen and oxygen atoms in total. The summed E-state index contributed by atoms with van der Waals surface area (Å²) in [7, 11) is 0. The van der Waals surface area contributed by atoms with Crippen molar-refractivity contribution in [1.82, 2.24) is 10.2 Å². The van der Waals surface area contributed by atoms with Crippen molar-refractivity contribution in [3.05, 3.63) is 0 Å². The molecule has 0 aromatic carbocycles. The number of piperidine rings is 1. The summed E-state index contributed by atoms with van der Waals surface area (Å²) in [6.07, 6.45) is 6.92. The number of nitrogens with one attached hydrogen (secondary N) is 1. The smallest absolute Gasteiger partial charge is 0.248 e. The highest BCUT2D eigenvalue weighted by atomic mass is 16.5. The molecular weight excluding hydrogens is 310 g/mol. The molecule has 1 saturated heterocycles. The second kappa shape index (κ2) is 11.8. The van der Waals surface area contributed by atoms with Crippen molar-refractivity contribution in [3.8, 4) is 0 Å². The minimum absolute atomic E-state index is 0.0988. The van der Waals surface area contributed by atoms with E-state index in [0.29, 0.717) is 32.5 Å². The summed E-state index contributed by atoms with van der Waals surface area (Å²) in [5, 5.41) is 2.79. The van der Waals surface area contributed by atoms with Crippen molar-refractivity contribution in [2.24, 2.45) is 11.7 Å². The third-order valence-corrected chi connectivity index (χ3v) is 4.31. The Morgan fingerprint density at radius 1 is 1.08 bits per heavy atom. The Balaban J connectivity index is 2.04. The van der Waals surface area contributed by atoms with Crippen molar-refractivity contribution in [3.63, 3.8) is 0 Å². The van der Waals surface area contributed by atoms with Gasteiger partial charge in [0.2, 0.25) is 17.7 Å². The number of amides is 3. The van der Waals surface area contributed by atoms with E-state index >= 15 is 0 Å². The molecule has 1 rings (SSSR count). The topological polar surface area (TPSA) is 102 Å². The SMILES string of the molecule is CCCCCCCNC(=O)COCC(=O)N1CCC(C(N)=O)CC1. The fourth-order valence-electron chi connectivity index (χ4n) is 2.74. The van der Waals surface area contributed by atoms with E-state index in [0.717, 1.165) is 12.8 Å². The summed E-state index contributed by atoms with van der Waals surface area (Å²) in [5.41, 5.74) is 5.26. The number of ether oxygens (including phenoxy) is 1. The van der Waals surface area contributed by atoms with Crippen LogP contribution >= 0.6 is 0 Å².